The number of rotatable bonds is 3. The Morgan fingerprint density at radius 2 is 2.27 bits per heavy atom. The Labute approximate surface area is 74.8 Å². The molecule has 1 unspecified atom stereocenters. The maximum absolute atomic E-state index is 3.27. The molecule has 0 saturated carbocycles. The molecule has 2 nitrogen and oxygen atoms in total. The summed E-state index contributed by atoms with van der Waals surface area (Å²) in [4.78, 5) is 0. The van der Waals surface area contributed by atoms with Crippen molar-refractivity contribution in [2.75, 3.05) is 6.54 Å². The molecule has 1 aliphatic rings. The van der Waals surface area contributed by atoms with E-state index in [1.54, 1.807) is 0 Å². The van der Waals surface area contributed by atoms with Crippen LogP contribution in [0.5, 0.6) is 0 Å². The molecular weight excluding hydrogens is 160 g/mol. The van der Waals surface area contributed by atoms with Crippen LogP contribution >= 0.6 is 12.4 Å². The quantitative estimate of drug-likeness (QED) is 0.505. The Morgan fingerprint density at radius 3 is 2.82 bits per heavy atom. The third-order valence-corrected chi connectivity index (χ3v) is 1.75. The highest BCUT2D eigenvalue weighted by atomic mass is 35.5. The second kappa shape index (κ2) is 6.65. The summed E-state index contributed by atoms with van der Waals surface area (Å²) in [7, 11) is 0. The van der Waals surface area contributed by atoms with Crippen LogP contribution in [-0.2, 0) is 0 Å². The second-order valence-corrected chi connectivity index (χ2v) is 2.66. The van der Waals surface area contributed by atoms with Crippen LogP contribution in [0.1, 0.15) is 26.2 Å². The molecule has 1 aliphatic carbocycles. The van der Waals surface area contributed by atoms with Crippen molar-refractivity contribution in [2.45, 2.75) is 32.2 Å². The Hall–Kier alpha value is -0.0500. The van der Waals surface area contributed by atoms with Crippen molar-refractivity contribution < 1.29 is 0 Å². The molecule has 11 heavy (non-hydrogen) atoms. The molecule has 0 heterocycles. The van der Waals surface area contributed by atoms with Crippen LogP contribution in [0.4, 0.5) is 0 Å². The van der Waals surface area contributed by atoms with Gasteiger partial charge in [0.15, 0.2) is 0 Å². The largest absolute Gasteiger partial charge is 0.258 e. The topological polar surface area (TPSA) is 24.1 Å². The average molecular weight is 177 g/mol. The zero-order valence-corrected chi connectivity index (χ0v) is 7.79. The summed E-state index contributed by atoms with van der Waals surface area (Å²) >= 11 is 0. The molecule has 1 rings (SSSR count). The van der Waals surface area contributed by atoms with Gasteiger partial charge in [0.1, 0.15) is 0 Å². The van der Waals surface area contributed by atoms with Gasteiger partial charge in [-0.2, -0.15) is 0 Å². The van der Waals surface area contributed by atoms with Crippen LogP contribution in [0.3, 0.4) is 0 Å². The summed E-state index contributed by atoms with van der Waals surface area (Å²) in [5, 5.41) is 0. The van der Waals surface area contributed by atoms with Crippen molar-refractivity contribution in [2.24, 2.45) is 0 Å². The molecule has 0 bridgehead atoms. The van der Waals surface area contributed by atoms with Crippen molar-refractivity contribution in [3.05, 3.63) is 12.2 Å². The monoisotopic (exact) mass is 176 g/mol. The SMILES string of the molecule is CCNNC1CC=CCC1.Cl. The highest BCUT2D eigenvalue weighted by Gasteiger charge is 2.06. The van der Waals surface area contributed by atoms with Gasteiger partial charge in [-0.25, -0.2) is 0 Å². The first kappa shape index (κ1) is 11.0. The van der Waals surface area contributed by atoms with Crippen molar-refractivity contribution in [1.29, 1.82) is 0 Å². The maximum atomic E-state index is 3.27. The molecule has 0 aliphatic heterocycles. The highest BCUT2D eigenvalue weighted by Crippen LogP contribution is 2.08. The molecule has 3 heteroatoms. The van der Waals surface area contributed by atoms with E-state index in [9.17, 15) is 0 Å². The van der Waals surface area contributed by atoms with Crippen molar-refractivity contribution in [3.8, 4) is 0 Å². The minimum absolute atomic E-state index is 0. The van der Waals surface area contributed by atoms with Gasteiger partial charge in [0.25, 0.3) is 0 Å². The van der Waals surface area contributed by atoms with Gasteiger partial charge < -0.3 is 0 Å². The first-order chi connectivity index (χ1) is 4.93. The highest BCUT2D eigenvalue weighted by molar-refractivity contribution is 5.85. The number of hydrogen-bond acceptors (Lipinski definition) is 2. The van der Waals surface area contributed by atoms with Crippen LogP contribution in [0.25, 0.3) is 0 Å². The average Bonchev–Trinajstić information content (AvgIpc) is 2.03. The summed E-state index contributed by atoms with van der Waals surface area (Å²) in [6.45, 7) is 3.10. The number of hydrazine groups is 1. The molecule has 0 fully saturated rings. The fourth-order valence-corrected chi connectivity index (χ4v) is 1.17. The molecule has 2 N–H and O–H groups in total. The lowest BCUT2D eigenvalue weighted by molar-refractivity contribution is 0.412. The van der Waals surface area contributed by atoms with Gasteiger partial charge in [-0.3, -0.25) is 10.9 Å². The van der Waals surface area contributed by atoms with E-state index in [2.05, 4.69) is 29.9 Å². The van der Waals surface area contributed by atoms with E-state index in [1.807, 2.05) is 0 Å². The Bertz CT molecular complexity index is 115. The summed E-state index contributed by atoms with van der Waals surface area (Å²) in [6.07, 6.45) is 8.17. The number of allylic oxidation sites excluding steroid dienone is 1. The lowest BCUT2D eigenvalue weighted by Gasteiger charge is -2.18. The molecule has 1 atom stereocenters. The summed E-state index contributed by atoms with van der Waals surface area (Å²) in [5.74, 6) is 0. The molecule has 0 spiro atoms. The van der Waals surface area contributed by atoms with Gasteiger partial charge in [-0.05, 0) is 19.3 Å². The van der Waals surface area contributed by atoms with Gasteiger partial charge in [0.2, 0.25) is 0 Å². The van der Waals surface area contributed by atoms with E-state index in [1.165, 1.54) is 19.3 Å². The van der Waals surface area contributed by atoms with E-state index in [-0.39, 0.29) is 12.4 Å². The second-order valence-electron chi connectivity index (χ2n) is 2.66. The molecule has 0 saturated heterocycles. The normalized spacial score (nSPS) is 22.8. The first-order valence-electron chi connectivity index (χ1n) is 4.07. The van der Waals surface area contributed by atoms with Gasteiger partial charge in [-0.1, -0.05) is 19.1 Å². The third-order valence-electron chi connectivity index (χ3n) is 1.75. The lowest BCUT2D eigenvalue weighted by atomic mass is 10.0. The van der Waals surface area contributed by atoms with E-state index in [0.29, 0.717) is 6.04 Å². The molecule has 0 aromatic carbocycles. The first-order valence-corrected chi connectivity index (χ1v) is 4.07. The number of nitrogens with one attached hydrogen (secondary N) is 2. The van der Waals surface area contributed by atoms with Crippen LogP contribution in [-0.4, -0.2) is 12.6 Å². The number of hydrogen-bond donors (Lipinski definition) is 2. The van der Waals surface area contributed by atoms with Gasteiger partial charge >= 0.3 is 0 Å². The Kier molecular flexibility index (Phi) is 6.62. The summed E-state index contributed by atoms with van der Waals surface area (Å²) < 4.78 is 0. The van der Waals surface area contributed by atoms with Gasteiger partial charge in [0.05, 0.1) is 0 Å². The van der Waals surface area contributed by atoms with Crippen LogP contribution in [0, 0.1) is 0 Å². The fourth-order valence-electron chi connectivity index (χ4n) is 1.17. The number of halogens is 1. The standard InChI is InChI=1S/C8H16N2.ClH/c1-2-9-10-8-6-4-3-5-7-8;/h3-4,8-10H,2,5-7H2,1H3;1H. The zero-order chi connectivity index (χ0) is 7.23. The predicted molar refractivity (Wildman–Crippen MR) is 50.8 cm³/mol. The molecule has 0 aromatic heterocycles. The van der Waals surface area contributed by atoms with E-state index in [4.69, 9.17) is 0 Å². The van der Waals surface area contributed by atoms with E-state index < -0.39 is 0 Å². The molecule has 0 radical (unpaired) electrons. The molecule has 0 amide bonds. The van der Waals surface area contributed by atoms with Crippen LogP contribution < -0.4 is 10.9 Å². The van der Waals surface area contributed by atoms with Gasteiger partial charge in [0, 0.05) is 12.6 Å². The lowest BCUT2D eigenvalue weighted by Crippen LogP contribution is -2.40. The Morgan fingerprint density at radius 1 is 1.45 bits per heavy atom. The summed E-state index contributed by atoms with van der Waals surface area (Å²) in [6, 6.07) is 0.657. The molecule has 0 aromatic rings. The third kappa shape index (κ3) is 4.40. The smallest absolute Gasteiger partial charge is 0.0250 e. The van der Waals surface area contributed by atoms with Crippen LogP contribution in [0.15, 0.2) is 12.2 Å². The minimum atomic E-state index is 0. The zero-order valence-electron chi connectivity index (χ0n) is 6.97. The molecule has 66 valence electrons. The molecular formula is C8H17ClN2. The maximum Gasteiger partial charge on any atom is 0.0250 e. The van der Waals surface area contributed by atoms with E-state index >= 15 is 0 Å². The fraction of sp³-hybridized carbons (Fsp3) is 0.750. The van der Waals surface area contributed by atoms with Crippen molar-refractivity contribution >= 4 is 12.4 Å². The minimum Gasteiger partial charge on any atom is -0.258 e. The van der Waals surface area contributed by atoms with E-state index in [0.717, 1.165) is 6.54 Å². The predicted octanol–water partition coefficient (Wildman–Crippen LogP) is 1.63. The van der Waals surface area contributed by atoms with Crippen LogP contribution in [0.2, 0.25) is 0 Å². The van der Waals surface area contributed by atoms with Crippen molar-refractivity contribution in [3.63, 3.8) is 0 Å². The van der Waals surface area contributed by atoms with Gasteiger partial charge in [-0.15, -0.1) is 12.4 Å². The Balaban J connectivity index is 0.000001000. The summed E-state index contributed by atoms with van der Waals surface area (Å²) in [5.41, 5.74) is 6.40. The van der Waals surface area contributed by atoms with Crippen molar-refractivity contribution in [1.82, 2.24) is 10.9 Å².